The van der Waals surface area contributed by atoms with Crippen molar-refractivity contribution in [3.8, 4) is 0 Å². The van der Waals surface area contributed by atoms with Gasteiger partial charge in [-0.3, -0.25) is 9.59 Å². The van der Waals surface area contributed by atoms with Crippen LogP contribution in [0.3, 0.4) is 0 Å². The van der Waals surface area contributed by atoms with Crippen LogP contribution in [0.2, 0.25) is 5.02 Å². The van der Waals surface area contributed by atoms with E-state index < -0.39 is 6.04 Å². The molecule has 0 bridgehead atoms. The van der Waals surface area contributed by atoms with Gasteiger partial charge in [-0.2, -0.15) is 0 Å². The molecule has 0 aliphatic heterocycles. The van der Waals surface area contributed by atoms with Gasteiger partial charge in [0, 0.05) is 18.1 Å². The molecule has 2 rings (SSSR count). The van der Waals surface area contributed by atoms with Gasteiger partial charge in [-0.1, -0.05) is 66.6 Å². The van der Waals surface area contributed by atoms with Crippen LogP contribution in [-0.4, -0.2) is 29.3 Å². The van der Waals surface area contributed by atoms with Gasteiger partial charge in [0.05, 0.1) is 6.42 Å². The normalized spacial score (nSPS) is 11.7. The SMILES string of the molecule is CCNC(=O)[C@@H](CC)N(Cc1ccccc1Cl)C(=O)Cc1cccc(C)c1. The topological polar surface area (TPSA) is 49.4 Å². The summed E-state index contributed by atoms with van der Waals surface area (Å²) in [6, 6.07) is 14.8. The van der Waals surface area contributed by atoms with Crippen molar-refractivity contribution < 1.29 is 9.59 Å². The Balaban J connectivity index is 2.31. The zero-order valence-corrected chi connectivity index (χ0v) is 16.9. The monoisotopic (exact) mass is 386 g/mol. The number of nitrogens with one attached hydrogen (secondary N) is 1. The van der Waals surface area contributed by atoms with Gasteiger partial charge in [0.25, 0.3) is 0 Å². The Hall–Kier alpha value is -2.33. The van der Waals surface area contributed by atoms with Gasteiger partial charge in [0.15, 0.2) is 0 Å². The summed E-state index contributed by atoms with van der Waals surface area (Å²) in [6.07, 6.45) is 0.790. The lowest BCUT2D eigenvalue weighted by Gasteiger charge is -2.31. The summed E-state index contributed by atoms with van der Waals surface area (Å²) < 4.78 is 0. The van der Waals surface area contributed by atoms with Crippen LogP contribution >= 0.6 is 11.6 Å². The van der Waals surface area contributed by atoms with Crippen molar-refractivity contribution >= 4 is 23.4 Å². The van der Waals surface area contributed by atoms with Gasteiger partial charge in [-0.05, 0) is 37.5 Å². The Morgan fingerprint density at radius 2 is 1.85 bits per heavy atom. The number of hydrogen-bond donors (Lipinski definition) is 1. The molecule has 2 aromatic carbocycles. The molecule has 0 aliphatic rings. The van der Waals surface area contributed by atoms with E-state index in [1.807, 2.05) is 63.2 Å². The van der Waals surface area contributed by atoms with E-state index in [1.165, 1.54) is 0 Å². The first-order chi connectivity index (χ1) is 13.0. The molecular formula is C22H27ClN2O2. The van der Waals surface area contributed by atoms with Crippen LogP contribution in [0.5, 0.6) is 0 Å². The molecule has 0 heterocycles. The number of hydrogen-bond acceptors (Lipinski definition) is 2. The molecular weight excluding hydrogens is 360 g/mol. The van der Waals surface area contributed by atoms with Crippen molar-refractivity contribution in [2.75, 3.05) is 6.54 Å². The Labute approximate surface area is 166 Å². The average molecular weight is 387 g/mol. The summed E-state index contributed by atoms with van der Waals surface area (Å²) in [6.45, 7) is 6.62. The minimum absolute atomic E-state index is 0.0846. The van der Waals surface area contributed by atoms with E-state index in [1.54, 1.807) is 11.0 Å². The highest BCUT2D eigenvalue weighted by molar-refractivity contribution is 6.31. The maximum Gasteiger partial charge on any atom is 0.242 e. The summed E-state index contributed by atoms with van der Waals surface area (Å²) in [5.41, 5.74) is 2.88. The Morgan fingerprint density at radius 3 is 2.48 bits per heavy atom. The van der Waals surface area contributed by atoms with Gasteiger partial charge in [0.2, 0.25) is 11.8 Å². The van der Waals surface area contributed by atoms with Gasteiger partial charge in [0.1, 0.15) is 6.04 Å². The van der Waals surface area contributed by atoms with Gasteiger partial charge in [-0.15, -0.1) is 0 Å². The van der Waals surface area contributed by atoms with E-state index in [4.69, 9.17) is 11.6 Å². The van der Waals surface area contributed by atoms with Crippen molar-refractivity contribution in [2.45, 2.75) is 46.2 Å². The number of benzene rings is 2. The number of halogens is 1. The van der Waals surface area contributed by atoms with Gasteiger partial charge in [-0.25, -0.2) is 0 Å². The summed E-state index contributed by atoms with van der Waals surface area (Å²) in [5.74, 6) is -0.219. The zero-order chi connectivity index (χ0) is 19.8. The highest BCUT2D eigenvalue weighted by Crippen LogP contribution is 2.20. The molecule has 144 valence electrons. The molecule has 0 unspecified atom stereocenters. The first kappa shape index (κ1) is 21.0. The molecule has 0 radical (unpaired) electrons. The fraction of sp³-hybridized carbons (Fsp3) is 0.364. The van der Waals surface area contributed by atoms with Crippen LogP contribution in [0.1, 0.15) is 37.0 Å². The zero-order valence-electron chi connectivity index (χ0n) is 16.2. The molecule has 0 spiro atoms. The molecule has 2 aromatic rings. The second kappa shape index (κ2) is 10.1. The number of likely N-dealkylation sites (N-methyl/N-ethyl adjacent to an activating group) is 1. The highest BCUT2D eigenvalue weighted by atomic mass is 35.5. The Kier molecular flexibility index (Phi) is 7.86. The number of aryl methyl sites for hydroxylation is 1. The highest BCUT2D eigenvalue weighted by Gasteiger charge is 2.28. The van der Waals surface area contributed by atoms with Crippen molar-refractivity contribution in [1.82, 2.24) is 10.2 Å². The fourth-order valence-electron chi connectivity index (χ4n) is 3.12. The van der Waals surface area contributed by atoms with Crippen LogP contribution in [0.25, 0.3) is 0 Å². The van der Waals surface area contributed by atoms with Gasteiger partial charge < -0.3 is 10.2 Å². The van der Waals surface area contributed by atoms with E-state index in [0.717, 1.165) is 16.7 Å². The molecule has 1 atom stereocenters. The molecule has 4 nitrogen and oxygen atoms in total. The number of carbonyl (C=O) groups is 2. The number of amides is 2. The molecule has 0 fully saturated rings. The van der Waals surface area contributed by atoms with E-state index in [9.17, 15) is 9.59 Å². The molecule has 5 heteroatoms. The maximum atomic E-state index is 13.2. The fourth-order valence-corrected chi connectivity index (χ4v) is 3.32. The number of rotatable bonds is 8. The van der Waals surface area contributed by atoms with Crippen molar-refractivity contribution in [3.63, 3.8) is 0 Å². The van der Waals surface area contributed by atoms with Gasteiger partial charge >= 0.3 is 0 Å². The second-order valence-corrected chi connectivity index (χ2v) is 7.00. The maximum absolute atomic E-state index is 13.2. The third kappa shape index (κ3) is 5.83. The van der Waals surface area contributed by atoms with Crippen LogP contribution < -0.4 is 5.32 Å². The number of nitrogens with zero attached hydrogens (tertiary/aromatic N) is 1. The van der Waals surface area contributed by atoms with E-state index in [-0.39, 0.29) is 18.2 Å². The third-order valence-electron chi connectivity index (χ3n) is 4.47. The summed E-state index contributed by atoms with van der Waals surface area (Å²) in [7, 11) is 0. The molecule has 2 amide bonds. The number of carbonyl (C=O) groups excluding carboxylic acids is 2. The predicted molar refractivity (Wildman–Crippen MR) is 110 cm³/mol. The third-order valence-corrected chi connectivity index (χ3v) is 4.84. The van der Waals surface area contributed by atoms with Crippen LogP contribution in [0.15, 0.2) is 48.5 Å². The molecule has 27 heavy (non-hydrogen) atoms. The lowest BCUT2D eigenvalue weighted by atomic mass is 10.1. The van der Waals surface area contributed by atoms with Crippen molar-refractivity contribution in [2.24, 2.45) is 0 Å². The van der Waals surface area contributed by atoms with Crippen LogP contribution in [-0.2, 0) is 22.6 Å². The Morgan fingerprint density at radius 1 is 1.11 bits per heavy atom. The molecule has 0 aromatic heterocycles. The van der Waals surface area contributed by atoms with E-state index in [0.29, 0.717) is 24.5 Å². The summed E-state index contributed by atoms with van der Waals surface area (Å²) >= 11 is 6.30. The second-order valence-electron chi connectivity index (χ2n) is 6.60. The minimum atomic E-state index is -0.529. The predicted octanol–water partition coefficient (Wildman–Crippen LogP) is 4.13. The molecule has 0 aliphatic carbocycles. The standard InChI is InChI=1S/C22H27ClN2O2/c1-4-20(22(27)24-5-2)25(15-18-11-6-7-12-19(18)23)21(26)14-17-10-8-9-16(3)13-17/h6-13,20H,4-5,14-15H2,1-3H3,(H,24,27)/t20-/m1/s1. The average Bonchev–Trinajstić information content (AvgIpc) is 2.63. The lowest BCUT2D eigenvalue weighted by molar-refractivity contribution is -0.140. The van der Waals surface area contributed by atoms with E-state index >= 15 is 0 Å². The Bertz CT molecular complexity index is 791. The van der Waals surface area contributed by atoms with Crippen LogP contribution in [0.4, 0.5) is 0 Å². The van der Waals surface area contributed by atoms with Crippen LogP contribution in [0, 0.1) is 6.92 Å². The molecule has 0 saturated heterocycles. The largest absolute Gasteiger partial charge is 0.355 e. The summed E-state index contributed by atoms with van der Waals surface area (Å²) in [5, 5.41) is 3.43. The van der Waals surface area contributed by atoms with Crippen molar-refractivity contribution in [1.29, 1.82) is 0 Å². The lowest BCUT2D eigenvalue weighted by Crippen LogP contribution is -2.49. The first-order valence-electron chi connectivity index (χ1n) is 9.32. The first-order valence-corrected chi connectivity index (χ1v) is 9.70. The van der Waals surface area contributed by atoms with Crippen molar-refractivity contribution in [3.05, 3.63) is 70.2 Å². The molecule has 1 N–H and O–H groups in total. The quantitative estimate of drug-likeness (QED) is 0.741. The molecule has 0 saturated carbocycles. The van der Waals surface area contributed by atoms with E-state index in [2.05, 4.69) is 5.32 Å². The summed E-state index contributed by atoms with van der Waals surface area (Å²) in [4.78, 5) is 27.4. The smallest absolute Gasteiger partial charge is 0.242 e. The minimum Gasteiger partial charge on any atom is -0.355 e.